The van der Waals surface area contributed by atoms with Gasteiger partial charge in [-0.3, -0.25) is 0 Å². The van der Waals surface area contributed by atoms with Crippen molar-refractivity contribution < 1.29 is 0 Å². The maximum absolute atomic E-state index is 5.00. The molecule has 1 aromatic heterocycles. The van der Waals surface area contributed by atoms with Crippen molar-refractivity contribution in [2.45, 2.75) is 0 Å². The van der Waals surface area contributed by atoms with Crippen molar-refractivity contribution in [3.8, 4) is 89.5 Å². The molecule has 2 nitrogen and oxygen atoms in total. The van der Waals surface area contributed by atoms with E-state index in [-0.39, 0.29) is 0 Å². The molecule has 0 radical (unpaired) electrons. The van der Waals surface area contributed by atoms with Crippen LogP contribution in [-0.4, -0.2) is 9.97 Å². The normalized spacial score (nSPS) is 11.5. The summed E-state index contributed by atoms with van der Waals surface area (Å²) in [6, 6.07) is 69.1. The summed E-state index contributed by atoms with van der Waals surface area (Å²) in [6.07, 6.45) is 0. The highest BCUT2D eigenvalue weighted by Crippen LogP contribution is 2.49. The number of hydrogen-bond acceptors (Lipinski definition) is 2. The Bertz CT molecular complexity index is 2640. The zero-order valence-corrected chi connectivity index (χ0v) is 28.4. The topological polar surface area (TPSA) is 25.8 Å². The molecular formula is C50H32N2. The van der Waals surface area contributed by atoms with Crippen LogP contribution in [0.5, 0.6) is 0 Å². The van der Waals surface area contributed by atoms with E-state index in [1.54, 1.807) is 0 Å². The largest absolute Gasteiger partial charge is 0.228 e. The van der Waals surface area contributed by atoms with E-state index in [9.17, 15) is 0 Å². The molecule has 1 heterocycles. The smallest absolute Gasteiger partial charge is 0.160 e. The summed E-state index contributed by atoms with van der Waals surface area (Å²) in [6.45, 7) is 0. The molecule has 2 heteroatoms. The Morgan fingerprint density at radius 1 is 0.250 bits per heavy atom. The first-order valence-electron chi connectivity index (χ1n) is 17.7. The molecule has 0 aliphatic heterocycles. The number of hydrogen-bond donors (Lipinski definition) is 0. The zero-order chi connectivity index (χ0) is 34.4. The third-order valence-corrected chi connectivity index (χ3v) is 10.3. The molecule has 52 heavy (non-hydrogen) atoms. The molecule has 0 N–H and O–H groups in total. The molecule has 1 aliphatic carbocycles. The predicted molar refractivity (Wildman–Crippen MR) is 217 cm³/mol. The van der Waals surface area contributed by atoms with Crippen molar-refractivity contribution in [1.82, 2.24) is 9.97 Å². The van der Waals surface area contributed by atoms with E-state index in [4.69, 9.17) is 9.97 Å². The van der Waals surface area contributed by atoms with E-state index < -0.39 is 0 Å². The summed E-state index contributed by atoms with van der Waals surface area (Å²) in [5.41, 5.74) is 17.5. The van der Waals surface area contributed by atoms with Crippen LogP contribution in [-0.2, 0) is 0 Å². The summed E-state index contributed by atoms with van der Waals surface area (Å²) < 4.78 is 0. The standard InChI is InChI=1S/C50H32N2/c1-3-10-38(11-4-1)47-32-48(39-12-5-2-6-13-39)52-50(51-47)40-28-24-36(25-29-40)34-20-18-33(19-21-34)35-22-26-37(27-23-35)41-30-31-46-43-15-8-7-14-42(43)45-17-9-16-44(41)49(45)46/h1-32H. The summed E-state index contributed by atoms with van der Waals surface area (Å²) in [5, 5.41) is 2.67. The van der Waals surface area contributed by atoms with Gasteiger partial charge in [-0.15, -0.1) is 0 Å². The lowest BCUT2D eigenvalue weighted by atomic mass is 9.93. The average molecular weight is 661 g/mol. The van der Waals surface area contributed by atoms with E-state index in [0.29, 0.717) is 5.82 Å². The van der Waals surface area contributed by atoms with Crippen molar-refractivity contribution in [3.05, 3.63) is 194 Å². The molecule has 9 aromatic rings. The number of fused-ring (bicyclic) bond motifs is 3. The van der Waals surface area contributed by atoms with Gasteiger partial charge in [0.05, 0.1) is 11.4 Å². The third-order valence-electron chi connectivity index (χ3n) is 10.3. The first-order valence-corrected chi connectivity index (χ1v) is 17.7. The number of benzene rings is 8. The summed E-state index contributed by atoms with van der Waals surface area (Å²) in [7, 11) is 0. The van der Waals surface area contributed by atoms with Crippen LogP contribution in [0.3, 0.4) is 0 Å². The average Bonchev–Trinajstić information content (AvgIpc) is 3.56. The lowest BCUT2D eigenvalue weighted by Gasteiger charge is -2.11. The molecule has 0 unspecified atom stereocenters. The van der Waals surface area contributed by atoms with Crippen molar-refractivity contribution >= 4 is 10.8 Å². The molecule has 0 amide bonds. The molecule has 0 bridgehead atoms. The van der Waals surface area contributed by atoms with Crippen LogP contribution in [0, 0.1) is 0 Å². The van der Waals surface area contributed by atoms with Crippen molar-refractivity contribution in [1.29, 1.82) is 0 Å². The van der Waals surface area contributed by atoms with Gasteiger partial charge in [-0.05, 0) is 72.5 Å². The minimum atomic E-state index is 0.716. The van der Waals surface area contributed by atoms with E-state index in [1.165, 1.54) is 60.8 Å². The molecule has 0 spiro atoms. The Morgan fingerprint density at radius 3 is 1.17 bits per heavy atom. The molecule has 242 valence electrons. The van der Waals surface area contributed by atoms with Gasteiger partial charge in [0.1, 0.15) is 0 Å². The Hall–Kier alpha value is -6.90. The first kappa shape index (κ1) is 30.0. The third kappa shape index (κ3) is 5.21. The Morgan fingerprint density at radius 2 is 0.654 bits per heavy atom. The minimum Gasteiger partial charge on any atom is -0.228 e. The second-order valence-electron chi connectivity index (χ2n) is 13.4. The predicted octanol–water partition coefficient (Wildman–Crippen LogP) is 13.3. The fourth-order valence-electron chi connectivity index (χ4n) is 7.66. The first-order chi connectivity index (χ1) is 25.8. The van der Waals surface area contributed by atoms with Gasteiger partial charge < -0.3 is 0 Å². The van der Waals surface area contributed by atoms with Gasteiger partial charge in [-0.1, -0.05) is 188 Å². The van der Waals surface area contributed by atoms with Gasteiger partial charge in [0.25, 0.3) is 0 Å². The van der Waals surface area contributed by atoms with Crippen LogP contribution in [0.1, 0.15) is 0 Å². The van der Waals surface area contributed by atoms with Gasteiger partial charge >= 0.3 is 0 Å². The fourth-order valence-corrected chi connectivity index (χ4v) is 7.66. The number of nitrogens with zero attached hydrogens (tertiary/aromatic N) is 2. The van der Waals surface area contributed by atoms with E-state index >= 15 is 0 Å². The van der Waals surface area contributed by atoms with Crippen LogP contribution < -0.4 is 0 Å². The summed E-state index contributed by atoms with van der Waals surface area (Å²) in [4.78, 5) is 9.99. The maximum atomic E-state index is 5.00. The molecule has 0 atom stereocenters. The van der Waals surface area contributed by atoms with Gasteiger partial charge in [0.15, 0.2) is 5.82 Å². The van der Waals surface area contributed by atoms with E-state index in [1.807, 2.05) is 36.4 Å². The fraction of sp³-hybridized carbons (Fsp3) is 0. The van der Waals surface area contributed by atoms with Crippen LogP contribution in [0.2, 0.25) is 0 Å². The molecule has 0 saturated heterocycles. The highest BCUT2D eigenvalue weighted by Gasteiger charge is 2.22. The Balaban J connectivity index is 0.914. The van der Waals surface area contributed by atoms with E-state index in [2.05, 4.69) is 158 Å². The van der Waals surface area contributed by atoms with E-state index in [0.717, 1.165) is 33.6 Å². The zero-order valence-electron chi connectivity index (χ0n) is 28.4. The lowest BCUT2D eigenvalue weighted by Crippen LogP contribution is -1.95. The van der Waals surface area contributed by atoms with Crippen molar-refractivity contribution in [3.63, 3.8) is 0 Å². The maximum Gasteiger partial charge on any atom is 0.160 e. The Kier molecular flexibility index (Phi) is 7.18. The van der Waals surface area contributed by atoms with Crippen LogP contribution in [0.25, 0.3) is 100 Å². The Labute approximate surface area is 303 Å². The molecule has 10 rings (SSSR count). The molecule has 8 aromatic carbocycles. The van der Waals surface area contributed by atoms with Crippen molar-refractivity contribution in [2.24, 2.45) is 0 Å². The SMILES string of the molecule is c1ccc(-c2cc(-c3ccccc3)nc(-c3ccc(-c4ccc(-c5ccc(-c6ccc7c8c(cccc68)-c6ccccc6-7)cc5)cc4)cc3)n2)cc1. The van der Waals surface area contributed by atoms with Crippen LogP contribution >= 0.6 is 0 Å². The summed E-state index contributed by atoms with van der Waals surface area (Å²) >= 11 is 0. The highest BCUT2D eigenvalue weighted by molar-refractivity contribution is 6.18. The van der Waals surface area contributed by atoms with Gasteiger partial charge in [0.2, 0.25) is 0 Å². The number of rotatable bonds is 6. The molecule has 0 saturated carbocycles. The van der Waals surface area contributed by atoms with Crippen LogP contribution in [0.4, 0.5) is 0 Å². The van der Waals surface area contributed by atoms with Gasteiger partial charge in [-0.25, -0.2) is 9.97 Å². The van der Waals surface area contributed by atoms with Gasteiger partial charge in [-0.2, -0.15) is 0 Å². The highest BCUT2D eigenvalue weighted by atomic mass is 14.9. The van der Waals surface area contributed by atoms with Crippen LogP contribution in [0.15, 0.2) is 194 Å². The molecule has 1 aliphatic rings. The lowest BCUT2D eigenvalue weighted by molar-refractivity contribution is 1.18. The minimum absolute atomic E-state index is 0.716. The summed E-state index contributed by atoms with van der Waals surface area (Å²) in [5.74, 6) is 0.716. The van der Waals surface area contributed by atoms with Gasteiger partial charge in [0, 0.05) is 16.7 Å². The second kappa shape index (κ2) is 12.5. The second-order valence-corrected chi connectivity index (χ2v) is 13.4. The number of aromatic nitrogens is 2. The quantitative estimate of drug-likeness (QED) is 0.177. The molecule has 0 fully saturated rings. The van der Waals surface area contributed by atoms with Crippen molar-refractivity contribution in [2.75, 3.05) is 0 Å². The molecular weight excluding hydrogens is 629 g/mol. The monoisotopic (exact) mass is 660 g/mol.